The van der Waals surface area contributed by atoms with Crippen molar-refractivity contribution < 1.29 is 23.9 Å². The molecule has 32 heavy (non-hydrogen) atoms. The van der Waals surface area contributed by atoms with Gasteiger partial charge in [0.25, 0.3) is 5.91 Å². The van der Waals surface area contributed by atoms with Crippen molar-refractivity contribution in [2.45, 2.75) is 12.8 Å². The van der Waals surface area contributed by atoms with Gasteiger partial charge in [0.1, 0.15) is 0 Å². The Hall–Kier alpha value is -3.75. The summed E-state index contributed by atoms with van der Waals surface area (Å²) in [7, 11) is 0. The van der Waals surface area contributed by atoms with Crippen molar-refractivity contribution in [2.24, 2.45) is 5.92 Å². The highest BCUT2D eigenvalue weighted by Crippen LogP contribution is 2.34. The summed E-state index contributed by atoms with van der Waals surface area (Å²) < 4.78 is 10.6. The molecule has 2 aromatic carbocycles. The fraction of sp³-hybridized carbons (Fsp3) is 0.348. The van der Waals surface area contributed by atoms with Crippen LogP contribution in [-0.2, 0) is 4.79 Å². The smallest absolute Gasteiger partial charge is 0.321 e. The Kier molecular flexibility index (Phi) is 5.30. The van der Waals surface area contributed by atoms with Gasteiger partial charge in [0.05, 0.1) is 0 Å². The minimum atomic E-state index is -0.163. The monoisotopic (exact) mass is 436 g/mol. The lowest BCUT2D eigenvalue weighted by Gasteiger charge is -2.31. The van der Waals surface area contributed by atoms with Crippen molar-refractivity contribution in [1.82, 2.24) is 10.2 Å². The van der Waals surface area contributed by atoms with E-state index in [2.05, 4.69) is 10.6 Å². The maximum atomic E-state index is 13.0. The van der Waals surface area contributed by atoms with Crippen LogP contribution in [0.1, 0.15) is 23.2 Å². The van der Waals surface area contributed by atoms with Gasteiger partial charge in [-0.2, -0.15) is 0 Å². The fourth-order valence-electron chi connectivity index (χ4n) is 4.27. The fourth-order valence-corrected chi connectivity index (χ4v) is 4.27. The summed E-state index contributed by atoms with van der Waals surface area (Å²) in [5.41, 5.74) is 1.93. The van der Waals surface area contributed by atoms with Crippen molar-refractivity contribution in [3.8, 4) is 11.5 Å². The first-order chi connectivity index (χ1) is 15.6. The molecule has 0 spiro atoms. The molecule has 0 aliphatic carbocycles. The van der Waals surface area contributed by atoms with Gasteiger partial charge in [-0.3, -0.25) is 14.5 Å². The average Bonchev–Trinajstić information content (AvgIpc) is 3.47. The standard InChI is InChI=1S/C23H24N4O5/c28-21(25-17-4-5-19-20(13-17)32-14-31-19)15-6-9-26(10-7-15)22(29)16-2-1-3-18(12-16)27-11-8-24-23(27)30/h1-5,12-13,15H,6-11,14H2,(H,24,30)(H,25,28). The molecule has 0 saturated carbocycles. The normalized spacial score (nSPS) is 17.9. The van der Waals surface area contributed by atoms with Crippen LogP contribution >= 0.6 is 0 Å². The number of rotatable bonds is 4. The number of amides is 4. The summed E-state index contributed by atoms with van der Waals surface area (Å²) in [6.07, 6.45) is 1.19. The highest BCUT2D eigenvalue weighted by Gasteiger charge is 2.29. The maximum Gasteiger partial charge on any atom is 0.321 e. The molecule has 0 radical (unpaired) electrons. The molecule has 5 rings (SSSR count). The molecule has 0 atom stereocenters. The Balaban J connectivity index is 1.18. The van der Waals surface area contributed by atoms with E-state index in [-0.39, 0.29) is 30.6 Å². The number of anilines is 2. The first-order valence-corrected chi connectivity index (χ1v) is 10.7. The van der Waals surface area contributed by atoms with Crippen molar-refractivity contribution in [3.63, 3.8) is 0 Å². The van der Waals surface area contributed by atoms with E-state index in [1.165, 1.54) is 0 Å². The van der Waals surface area contributed by atoms with Gasteiger partial charge in [0.15, 0.2) is 11.5 Å². The predicted molar refractivity (Wildman–Crippen MR) is 117 cm³/mol. The van der Waals surface area contributed by atoms with Gasteiger partial charge >= 0.3 is 6.03 Å². The molecule has 9 heteroatoms. The highest BCUT2D eigenvalue weighted by atomic mass is 16.7. The van der Waals surface area contributed by atoms with Gasteiger partial charge in [-0.25, -0.2) is 4.79 Å². The number of hydrogen-bond donors (Lipinski definition) is 2. The summed E-state index contributed by atoms with van der Waals surface area (Å²) in [6, 6.07) is 12.3. The van der Waals surface area contributed by atoms with E-state index in [4.69, 9.17) is 9.47 Å². The molecule has 2 aromatic rings. The molecule has 0 bridgehead atoms. The van der Waals surface area contributed by atoms with E-state index in [9.17, 15) is 14.4 Å². The number of urea groups is 1. The SMILES string of the molecule is O=C(Nc1ccc2c(c1)OCO2)C1CCN(C(=O)c2cccc(N3CCNC3=O)c2)CC1. The lowest BCUT2D eigenvalue weighted by Crippen LogP contribution is -2.41. The zero-order chi connectivity index (χ0) is 22.1. The molecule has 2 saturated heterocycles. The summed E-state index contributed by atoms with van der Waals surface area (Å²) in [6.45, 7) is 2.38. The Morgan fingerprint density at radius 2 is 1.81 bits per heavy atom. The molecule has 4 amide bonds. The van der Waals surface area contributed by atoms with Crippen LogP contribution in [0.5, 0.6) is 11.5 Å². The number of benzene rings is 2. The maximum absolute atomic E-state index is 13.0. The third-order valence-electron chi connectivity index (χ3n) is 6.05. The van der Waals surface area contributed by atoms with Crippen molar-refractivity contribution in [2.75, 3.05) is 43.2 Å². The van der Waals surface area contributed by atoms with Crippen LogP contribution in [0.15, 0.2) is 42.5 Å². The number of carbonyl (C=O) groups is 3. The molecule has 0 unspecified atom stereocenters. The van der Waals surface area contributed by atoms with E-state index in [0.717, 1.165) is 0 Å². The second kappa shape index (κ2) is 8.41. The third kappa shape index (κ3) is 3.93. The largest absolute Gasteiger partial charge is 0.454 e. The Bertz CT molecular complexity index is 1060. The van der Waals surface area contributed by atoms with Crippen LogP contribution in [0.3, 0.4) is 0 Å². The Morgan fingerprint density at radius 3 is 2.59 bits per heavy atom. The molecule has 2 N–H and O–H groups in total. The molecule has 3 aliphatic heterocycles. The topological polar surface area (TPSA) is 100 Å². The molecule has 3 aliphatic rings. The first-order valence-electron chi connectivity index (χ1n) is 10.7. The summed E-state index contributed by atoms with van der Waals surface area (Å²) in [4.78, 5) is 41.0. The van der Waals surface area contributed by atoms with Gasteiger partial charge in [0, 0.05) is 55.1 Å². The van der Waals surface area contributed by atoms with Gasteiger partial charge in [-0.1, -0.05) is 6.07 Å². The summed E-state index contributed by atoms with van der Waals surface area (Å²) >= 11 is 0. The van der Waals surface area contributed by atoms with E-state index in [1.54, 1.807) is 46.2 Å². The Labute approximate surface area is 185 Å². The molecule has 166 valence electrons. The molecule has 2 fully saturated rings. The average molecular weight is 436 g/mol. The summed E-state index contributed by atoms with van der Waals surface area (Å²) in [5, 5.41) is 5.70. The van der Waals surface area contributed by atoms with E-state index in [1.807, 2.05) is 6.07 Å². The van der Waals surface area contributed by atoms with E-state index < -0.39 is 0 Å². The minimum Gasteiger partial charge on any atom is -0.454 e. The number of piperidine rings is 1. The number of ether oxygens (including phenoxy) is 2. The van der Waals surface area contributed by atoms with Crippen LogP contribution in [0.25, 0.3) is 0 Å². The Morgan fingerprint density at radius 1 is 1.00 bits per heavy atom. The van der Waals surface area contributed by atoms with Crippen LogP contribution in [0.4, 0.5) is 16.2 Å². The van der Waals surface area contributed by atoms with Gasteiger partial charge in [-0.05, 0) is 43.2 Å². The number of hydrogen-bond acceptors (Lipinski definition) is 5. The van der Waals surface area contributed by atoms with Gasteiger partial charge < -0.3 is 25.0 Å². The lowest BCUT2D eigenvalue weighted by molar-refractivity contribution is -0.121. The molecular weight excluding hydrogens is 412 g/mol. The van der Waals surface area contributed by atoms with Crippen LogP contribution in [0, 0.1) is 5.92 Å². The predicted octanol–water partition coefficient (Wildman–Crippen LogP) is 2.44. The lowest BCUT2D eigenvalue weighted by atomic mass is 9.95. The third-order valence-corrected chi connectivity index (χ3v) is 6.05. The number of fused-ring (bicyclic) bond motifs is 1. The zero-order valence-corrected chi connectivity index (χ0v) is 17.5. The van der Waals surface area contributed by atoms with Crippen LogP contribution in [0.2, 0.25) is 0 Å². The van der Waals surface area contributed by atoms with E-state index in [0.29, 0.717) is 67.5 Å². The second-order valence-corrected chi connectivity index (χ2v) is 8.06. The van der Waals surface area contributed by atoms with Gasteiger partial charge in [0.2, 0.25) is 12.7 Å². The molecule has 0 aromatic heterocycles. The molecule has 9 nitrogen and oxygen atoms in total. The van der Waals surface area contributed by atoms with Crippen molar-refractivity contribution >= 4 is 29.2 Å². The number of nitrogens with zero attached hydrogens (tertiary/aromatic N) is 2. The minimum absolute atomic E-state index is 0.0574. The zero-order valence-electron chi connectivity index (χ0n) is 17.5. The number of likely N-dealkylation sites (tertiary alicyclic amines) is 1. The number of carbonyl (C=O) groups excluding carboxylic acids is 3. The van der Waals surface area contributed by atoms with Crippen molar-refractivity contribution in [1.29, 1.82) is 0 Å². The quantitative estimate of drug-likeness (QED) is 0.767. The molecule has 3 heterocycles. The summed E-state index contributed by atoms with van der Waals surface area (Å²) in [5.74, 6) is 0.990. The van der Waals surface area contributed by atoms with Gasteiger partial charge in [-0.15, -0.1) is 0 Å². The van der Waals surface area contributed by atoms with Crippen LogP contribution < -0.4 is 25.0 Å². The second-order valence-electron chi connectivity index (χ2n) is 8.06. The van der Waals surface area contributed by atoms with E-state index >= 15 is 0 Å². The van der Waals surface area contributed by atoms with Crippen LogP contribution in [-0.4, -0.2) is 55.7 Å². The molecular formula is C23H24N4O5. The number of nitrogens with one attached hydrogen (secondary N) is 2. The highest BCUT2D eigenvalue weighted by molar-refractivity contribution is 5.99. The first kappa shape index (κ1) is 20.2. The van der Waals surface area contributed by atoms with Crippen molar-refractivity contribution in [3.05, 3.63) is 48.0 Å².